The normalized spacial score (nSPS) is 12.0. The van der Waals surface area contributed by atoms with Gasteiger partial charge in [0, 0.05) is 24.8 Å². The lowest BCUT2D eigenvalue weighted by atomic mass is 10.1. The van der Waals surface area contributed by atoms with Gasteiger partial charge >= 0.3 is 0 Å². The lowest BCUT2D eigenvalue weighted by Crippen LogP contribution is -2.31. The fourth-order valence-electron chi connectivity index (χ4n) is 3.00. The van der Waals surface area contributed by atoms with Gasteiger partial charge < -0.3 is 9.88 Å². The lowest BCUT2D eigenvalue weighted by molar-refractivity contribution is 0.0936. The number of benzene rings is 2. The lowest BCUT2D eigenvalue weighted by Gasteiger charge is -2.19. The van der Waals surface area contributed by atoms with Gasteiger partial charge in [0.25, 0.3) is 5.91 Å². The number of hydrogen-bond acceptors (Lipinski definition) is 3. The van der Waals surface area contributed by atoms with Gasteiger partial charge in [-0.2, -0.15) is 0 Å². The maximum absolute atomic E-state index is 12.9. The highest BCUT2D eigenvalue weighted by Crippen LogP contribution is 2.21. The summed E-state index contributed by atoms with van der Waals surface area (Å²) < 4.78 is 1.91. The van der Waals surface area contributed by atoms with Crippen LogP contribution in [0, 0.1) is 0 Å². The number of rotatable bonds is 4. The summed E-state index contributed by atoms with van der Waals surface area (Å²) in [6.45, 7) is 0. The van der Waals surface area contributed by atoms with E-state index in [4.69, 9.17) is 0 Å². The molecular weight excluding hydrogens is 324 g/mol. The van der Waals surface area contributed by atoms with E-state index in [2.05, 4.69) is 15.3 Å². The average Bonchev–Trinajstić information content (AvgIpc) is 3.12. The van der Waals surface area contributed by atoms with Gasteiger partial charge in [0.2, 0.25) is 0 Å². The van der Waals surface area contributed by atoms with Crippen molar-refractivity contribution < 1.29 is 4.79 Å². The number of aryl methyl sites for hydroxylation is 1. The minimum Gasteiger partial charge on any atom is -0.337 e. The van der Waals surface area contributed by atoms with Crippen molar-refractivity contribution in [3.8, 4) is 0 Å². The van der Waals surface area contributed by atoms with E-state index in [1.165, 1.54) is 0 Å². The smallest absolute Gasteiger partial charge is 0.270 e. The molecule has 0 aliphatic rings. The summed E-state index contributed by atoms with van der Waals surface area (Å²) in [5.41, 5.74) is 2.16. The standard InChI is InChI=1S/C21H18N4O/c1-25-14-13-22-20(25)19(16-8-3-2-4-9-16)24-21(26)18-12-11-15-7-5-6-10-17(15)23-18/h2-14,19H,1H3,(H,24,26). The molecule has 1 unspecified atom stereocenters. The summed E-state index contributed by atoms with van der Waals surface area (Å²) in [6, 6.07) is 20.9. The first-order valence-electron chi connectivity index (χ1n) is 8.41. The molecule has 4 rings (SSSR count). The summed E-state index contributed by atoms with van der Waals surface area (Å²) >= 11 is 0. The van der Waals surface area contributed by atoms with Crippen molar-refractivity contribution in [2.45, 2.75) is 6.04 Å². The second kappa shape index (κ2) is 6.80. The average molecular weight is 342 g/mol. The predicted octanol–water partition coefficient (Wildman–Crippen LogP) is 3.49. The van der Waals surface area contributed by atoms with E-state index in [-0.39, 0.29) is 11.9 Å². The van der Waals surface area contributed by atoms with Crippen molar-refractivity contribution in [2.75, 3.05) is 0 Å². The SMILES string of the molecule is Cn1ccnc1C(NC(=O)c1ccc2ccccc2n1)c1ccccc1. The molecule has 128 valence electrons. The molecule has 1 N–H and O–H groups in total. The molecule has 5 heteroatoms. The molecule has 26 heavy (non-hydrogen) atoms. The summed E-state index contributed by atoms with van der Waals surface area (Å²) in [5, 5.41) is 4.08. The fraction of sp³-hybridized carbons (Fsp3) is 0.0952. The largest absolute Gasteiger partial charge is 0.337 e. The molecule has 4 aromatic rings. The monoisotopic (exact) mass is 342 g/mol. The van der Waals surface area contributed by atoms with Gasteiger partial charge in [-0.3, -0.25) is 4.79 Å². The van der Waals surface area contributed by atoms with Crippen molar-refractivity contribution >= 4 is 16.8 Å². The van der Waals surface area contributed by atoms with Crippen LogP contribution in [0.25, 0.3) is 10.9 Å². The van der Waals surface area contributed by atoms with E-state index < -0.39 is 0 Å². The third-order valence-corrected chi connectivity index (χ3v) is 4.36. The Morgan fingerprint density at radius 3 is 2.54 bits per heavy atom. The number of nitrogens with zero attached hydrogens (tertiary/aromatic N) is 3. The molecular formula is C21H18N4O. The Morgan fingerprint density at radius 2 is 1.77 bits per heavy atom. The van der Waals surface area contributed by atoms with Crippen LogP contribution in [0.5, 0.6) is 0 Å². The molecule has 2 aromatic carbocycles. The van der Waals surface area contributed by atoms with Gasteiger partial charge in [-0.05, 0) is 17.7 Å². The molecule has 0 aliphatic carbocycles. The minimum absolute atomic E-state index is 0.229. The molecule has 5 nitrogen and oxygen atoms in total. The third-order valence-electron chi connectivity index (χ3n) is 4.36. The minimum atomic E-state index is -0.350. The summed E-state index contributed by atoms with van der Waals surface area (Å²) in [6.07, 6.45) is 3.59. The van der Waals surface area contributed by atoms with Crippen LogP contribution in [0.1, 0.15) is 27.9 Å². The predicted molar refractivity (Wildman–Crippen MR) is 101 cm³/mol. The molecule has 1 atom stereocenters. The van der Waals surface area contributed by atoms with Gasteiger partial charge in [-0.25, -0.2) is 9.97 Å². The van der Waals surface area contributed by atoms with Crippen LogP contribution in [0.2, 0.25) is 0 Å². The van der Waals surface area contributed by atoms with E-state index in [0.717, 1.165) is 22.3 Å². The van der Waals surface area contributed by atoms with Gasteiger partial charge in [-0.15, -0.1) is 0 Å². The number of carbonyl (C=O) groups is 1. The molecule has 0 spiro atoms. The highest BCUT2D eigenvalue weighted by molar-refractivity contribution is 5.95. The highest BCUT2D eigenvalue weighted by atomic mass is 16.1. The van der Waals surface area contributed by atoms with Crippen molar-refractivity contribution in [1.82, 2.24) is 19.9 Å². The van der Waals surface area contributed by atoms with Crippen LogP contribution in [0.4, 0.5) is 0 Å². The van der Waals surface area contributed by atoms with E-state index in [1.807, 2.05) is 78.5 Å². The molecule has 0 saturated heterocycles. The number of aromatic nitrogens is 3. The highest BCUT2D eigenvalue weighted by Gasteiger charge is 2.21. The molecule has 2 heterocycles. The maximum Gasteiger partial charge on any atom is 0.270 e. The first-order chi connectivity index (χ1) is 12.7. The number of pyridine rings is 1. The summed E-state index contributed by atoms with van der Waals surface area (Å²) in [7, 11) is 1.92. The summed E-state index contributed by atoms with van der Waals surface area (Å²) in [4.78, 5) is 21.8. The maximum atomic E-state index is 12.9. The zero-order valence-electron chi connectivity index (χ0n) is 14.3. The Bertz CT molecular complexity index is 1060. The summed E-state index contributed by atoms with van der Waals surface area (Å²) in [5.74, 6) is 0.540. The number of carbonyl (C=O) groups excluding carboxylic acids is 1. The zero-order chi connectivity index (χ0) is 17.9. The molecule has 0 radical (unpaired) electrons. The van der Waals surface area contributed by atoms with Crippen molar-refractivity contribution in [3.05, 3.63) is 96.2 Å². The van der Waals surface area contributed by atoms with E-state index in [1.54, 1.807) is 12.3 Å². The van der Waals surface area contributed by atoms with Crippen molar-refractivity contribution in [2.24, 2.45) is 7.05 Å². The van der Waals surface area contributed by atoms with Crippen LogP contribution in [0.3, 0.4) is 0 Å². The number of hydrogen-bond donors (Lipinski definition) is 1. The van der Waals surface area contributed by atoms with Crippen LogP contribution in [0.15, 0.2) is 79.1 Å². The Morgan fingerprint density at radius 1 is 1.00 bits per heavy atom. The Balaban J connectivity index is 1.68. The fourth-order valence-corrected chi connectivity index (χ4v) is 3.00. The quantitative estimate of drug-likeness (QED) is 0.618. The molecule has 0 fully saturated rings. The van der Waals surface area contributed by atoms with Crippen molar-refractivity contribution in [1.29, 1.82) is 0 Å². The Kier molecular flexibility index (Phi) is 4.19. The first-order valence-corrected chi connectivity index (χ1v) is 8.41. The Hall–Kier alpha value is -3.47. The molecule has 1 amide bonds. The van der Waals surface area contributed by atoms with Crippen LogP contribution in [-0.4, -0.2) is 20.4 Å². The number of para-hydroxylation sites is 1. The zero-order valence-corrected chi connectivity index (χ0v) is 14.3. The number of nitrogens with one attached hydrogen (secondary N) is 1. The van der Waals surface area contributed by atoms with Crippen LogP contribution in [-0.2, 0) is 7.05 Å². The second-order valence-corrected chi connectivity index (χ2v) is 6.10. The number of imidazole rings is 1. The number of amides is 1. The molecule has 0 saturated carbocycles. The van der Waals surface area contributed by atoms with Gasteiger partial charge in [0.15, 0.2) is 0 Å². The van der Waals surface area contributed by atoms with Gasteiger partial charge in [0.1, 0.15) is 17.6 Å². The molecule has 2 aromatic heterocycles. The Labute approximate surface area is 151 Å². The van der Waals surface area contributed by atoms with Gasteiger partial charge in [0.05, 0.1) is 5.52 Å². The van der Waals surface area contributed by atoms with Crippen molar-refractivity contribution in [3.63, 3.8) is 0 Å². The van der Waals surface area contributed by atoms with E-state index >= 15 is 0 Å². The topological polar surface area (TPSA) is 59.8 Å². The van der Waals surface area contributed by atoms with E-state index in [9.17, 15) is 4.79 Å². The second-order valence-electron chi connectivity index (χ2n) is 6.10. The molecule has 0 bridgehead atoms. The van der Waals surface area contributed by atoms with Crippen LogP contribution >= 0.6 is 0 Å². The van der Waals surface area contributed by atoms with Crippen LogP contribution < -0.4 is 5.32 Å². The third kappa shape index (κ3) is 3.07. The molecule has 0 aliphatic heterocycles. The first kappa shape index (κ1) is 16.0. The van der Waals surface area contributed by atoms with Gasteiger partial charge in [-0.1, -0.05) is 54.6 Å². The number of fused-ring (bicyclic) bond motifs is 1. The van der Waals surface area contributed by atoms with E-state index in [0.29, 0.717) is 5.69 Å².